The molecule has 0 fully saturated rings. The number of hydrogen-bond donors (Lipinski definition) is 2. The van der Waals surface area contributed by atoms with Gasteiger partial charge >= 0.3 is 11.9 Å². The Labute approximate surface area is 157 Å². The van der Waals surface area contributed by atoms with Gasteiger partial charge in [-0.2, -0.15) is 0 Å². The SMILES string of the molecule is CCCCc1ccc(CCCCCC(=O)O)c(CCCCCC(=O)O)c1. The smallest absolute Gasteiger partial charge is 0.303 e. The van der Waals surface area contributed by atoms with Crippen molar-refractivity contribution in [2.24, 2.45) is 0 Å². The zero-order valence-electron chi connectivity index (χ0n) is 16.1. The van der Waals surface area contributed by atoms with Crippen LogP contribution in [-0.2, 0) is 28.9 Å². The van der Waals surface area contributed by atoms with Crippen LogP contribution in [0.3, 0.4) is 0 Å². The molecule has 0 atom stereocenters. The first-order valence-corrected chi connectivity index (χ1v) is 10.1. The molecule has 0 saturated heterocycles. The van der Waals surface area contributed by atoms with Crippen molar-refractivity contribution in [3.63, 3.8) is 0 Å². The van der Waals surface area contributed by atoms with Crippen molar-refractivity contribution in [2.75, 3.05) is 0 Å². The summed E-state index contributed by atoms with van der Waals surface area (Å²) < 4.78 is 0. The van der Waals surface area contributed by atoms with Gasteiger partial charge < -0.3 is 10.2 Å². The van der Waals surface area contributed by atoms with E-state index in [1.165, 1.54) is 29.5 Å². The Balaban J connectivity index is 2.55. The third kappa shape index (κ3) is 10.2. The first-order valence-electron chi connectivity index (χ1n) is 10.1. The molecule has 0 aliphatic heterocycles. The van der Waals surface area contributed by atoms with Crippen LogP contribution in [0.25, 0.3) is 0 Å². The van der Waals surface area contributed by atoms with Crippen LogP contribution in [0.2, 0.25) is 0 Å². The number of aryl methyl sites for hydroxylation is 3. The number of benzene rings is 1. The first-order chi connectivity index (χ1) is 12.5. The molecule has 4 nitrogen and oxygen atoms in total. The average molecular weight is 363 g/mol. The summed E-state index contributed by atoms with van der Waals surface area (Å²) in [7, 11) is 0. The maximum atomic E-state index is 10.6. The maximum Gasteiger partial charge on any atom is 0.303 e. The molecule has 1 aromatic carbocycles. The lowest BCUT2D eigenvalue weighted by atomic mass is 9.93. The van der Waals surface area contributed by atoms with Crippen LogP contribution < -0.4 is 0 Å². The van der Waals surface area contributed by atoms with Gasteiger partial charge in [0.2, 0.25) is 0 Å². The predicted molar refractivity (Wildman–Crippen MR) is 105 cm³/mol. The van der Waals surface area contributed by atoms with Crippen molar-refractivity contribution in [3.05, 3.63) is 34.9 Å². The van der Waals surface area contributed by atoms with E-state index in [0.29, 0.717) is 0 Å². The lowest BCUT2D eigenvalue weighted by Gasteiger charge is -2.12. The number of carboxylic acids is 2. The summed E-state index contributed by atoms with van der Waals surface area (Å²) in [6, 6.07) is 6.81. The highest BCUT2D eigenvalue weighted by molar-refractivity contribution is 5.66. The molecule has 1 rings (SSSR count). The average Bonchev–Trinajstić information content (AvgIpc) is 2.60. The molecule has 0 aliphatic rings. The monoisotopic (exact) mass is 362 g/mol. The second kappa shape index (κ2) is 13.4. The highest BCUT2D eigenvalue weighted by Crippen LogP contribution is 2.20. The molecule has 0 amide bonds. The zero-order valence-corrected chi connectivity index (χ0v) is 16.1. The minimum Gasteiger partial charge on any atom is -0.481 e. The van der Waals surface area contributed by atoms with E-state index in [9.17, 15) is 9.59 Å². The van der Waals surface area contributed by atoms with Crippen LogP contribution in [0.15, 0.2) is 18.2 Å². The molecule has 2 N–H and O–H groups in total. The third-order valence-electron chi connectivity index (χ3n) is 4.76. The molecule has 0 spiro atoms. The molecule has 0 aromatic heterocycles. The van der Waals surface area contributed by atoms with Gasteiger partial charge in [-0.15, -0.1) is 0 Å². The Morgan fingerprint density at radius 3 is 1.85 bits per heavy atom. The Morgan fingerprint density at radius 2 is 1.31 bits per heavy atom. The number of aliphatic carboxylic acids is 2. The molecule has 0 unspecified atom stereocenters. The second-order valence-electron chi connectivity index (χ2n) is 7.12. The molecular weight excluding hydrogens is 328 g/mol. The van der Waals surface area contributed by atoms with Crippen LogP contribution in [0.5, 0.6) is 0 Å². The van der Waals surface area contributed by atoms with E-state index in [0.717, 1.165) is 57.8 Å². The second-order valence-corrected chi connectivity index (χ2v) is 7.12. The van der Waals surface area contributed by atoms with E-state index in [1.807, 2.05) is 0 Å². The molecule has 0 aliphatic carbocycles. The predicted octanol–water partition coefficient (Wildman–Crippen LogP) is 5.40. The van der Waals surface area contributed by atoms with E-state index in [1.54, 1.807) is 0 Å². The fraction of sp³-hybridized carbons (Fsp3) is 0.636. The van der Waals surface area contributed by atoms with Crippen LogP contribution in [0, 0.1) is 0 Å². The minimum absolute atomic E-state index is 0.256. The van der Waals surface area contributed by atoms with Gasteiger partial charge in [0.1, 0.15) is 0 Å². The first kappa shape index (κ1) is 22.2. The summed E-state index contributed by atoms with van der Waals surface area (Å²) in [5, 5.41) is 17.4. The Bertz CT molecular complexity index is 551. The van der Waals surface area contributed by atoms with Crippen LogP contribution >= 0.6 is 0 Å². The number of unbranched alkanes of at least 4 members (excludes halogenated alkanes) is 5. The van der Waals surface area contributed by atoms with Crippen LogP contribution in [0.1, 0.15) is 87.8 Å². The highest BCUT2D eigenvalue weighted by Gasteiger charge is 2.06. The zero-order chi connectivity index (χ0) is 19.2. The summed E-state index contributed by atoms with van der Waals surface area (Å²) in [5.74, 6) is -1.43. The van der Waals surface area contributed by atoms with Crippen molar-refractivity contribution in [1.29, 1.82) is 0 Å². The topological polar surface area (TPSA) is 74.6 Å². The summed E-state index contributed by atoms with van der Waals surface area (Å²) in [5.41, 5.74) is 4.16. The van der Waals surface area contributed by atoms with E-state index in [-0.39, 0.29) is 12.8 Å². The number of carboxylic acid groups (broad SMARTS) is 2. The Morgan fingerprint density at radius 1 is 0.731 bits per heavy atom. The fourth-order valence-electron chi connectivity index (χ4n) is 3.23. The third-order valence-corrected chi connectivity index (χ3v) is 4.76. The molecule has 0 bridgehead atoms. The van der Waals surface area contributed by atoms with Gasteiger partial charge in [-0.05, 0) is 68.1 Å². The largest absolute Gasteiger partial charge is 0.481 e. The van der Waals surface area contributed by atoms with Crippen LogP contribution in [0.4, 0.5) is 0 Å². The summed E-state index contributed by atoms with van der Waals surface area (Å²) >= 11 is 0. The van der Waals surface area contributed by atoms with Crippen molar-refractivity contribution < 1.29 is 19.8 Å². The molecule has 146 valence electrons. The molecule has 0 heterocycles. The Hall–Kier alpha value is -1.84. The van der Waals surface area contributed by atoms with Gasteiger partial charge in [0, 0.05) is 12.8 Å². The summed E-state index contributed by atoms with van der Waals surface area (Å²) in [4.78, 5) is 21.2. The van der Waals surface area contributed by atoms with E-state index < -0.39 is 11.9 Å². The van der Waals surface area contributed by atoms with Gasteiger partial charge in [-0.1, -0.05) is 44.4 Å². The van der Waals surface area contributed by atoms with Crippen molar-refractivity contribution in [3.8, 4) is 0 Å². The molecule has 1 aromatic rings. The van der Waals surface area contributed by atoms with Crippen LogP contribution in [-0.4, -0.2) is 22.2 Å². The van der Waals surface area contributed by atoms with Gasteiger partial charge in [0.25, 0.3) is 0 Å². The minimum atomic E-state index is -0.715. The van der Waals surface area contributed by atoms with Crippen molar-refractivity contribution >= 4 is 11.9 Å². The van der Waals surface area contributed by atoms with E-state index in [2.05, 4.69) is 25.1 Å². The number of hydrogen-bond acceptors (Lipinski definition) is 2. The molecule has 4 heteroatoms. The summed E-state index contributed by atoms with van der Waals surface area (Å²) in [6.45, 7) is 2.20. The normalized spacial score (nSPS) is 10.8. The van der Waals surface area contributed by atoms with Gasteiger partial charge in [0.15, 0.2) is 0 Å². The summed E-state index contributed by atoms with van der Waals surface area (Å²) in [6.07, 6.45) is 11.4. The number of carbonyl (C=O) groups is 2. The molecular formula is C22H34O4. The van der Waals surface area contributed by atoms with Gasteiger partial charge in [-0.3, -0.25) is 9.59 Å². The van der Waals surface area contributed by atoms with E-state index in [4.69, 9.17) is 10.2 Å². The van der Waals surface area contributed by atoms with Crippen molar-refractivity contribution in [2.45, 2.75) is 90.4 Å². The molecule has 26 heavy (non-hydrogen) atoms. The fourth-order valence-corrected chi connectivity index (χ4v) is 3.23. The quantitative estimate of drug-likeness (QED) is 0.409. The standard InChI is InChI=1S/C22H34O4/c1-2-3-10-18-15-16-19(11-6-4-8-13-21(23)24)20(17-18)12-7-5-9-14-22(25)26/h15-17H,2-14H2,1H3,(H,23,24)(H,25,26). The molecule has 0 saturated carbocycles. The lowest BCUT2D eigenvalue weighted by molar-refractivity contribution is -0.138. The van der Waals surface area contributed by atoms with Gasteiger partial charge in [0.05, 0.1) is 0 Å². The Kier molecular flexibility index (Phi) is 11.4. The van der Waals surface area contributed by atoms with Gasteiger partial charge in [-0.25, -0.2) is 0 Å². The number of rotatable bonds is 15. The lowest BCUT2D eigenvalue weighted by Crippen LogP contribution is -1.99. The van der Waals surface area contributed by atoms with Crippen molar-refractivity contribution in [1.82, 2.24) is 0 Å². The van der Waals surface area contributed by atoms with E-state index >= 15 is 0 Å². The molecule has 0 radical (unpaired) electrons. The maximum absolute atomic E-state index is 10.6. The highest BCUT2D eigenvalue weighted by atomic mass is 16.4.